The first-order chi connectivity index (χ1) is 16.7. The van der Waals surface area contributed by atoms with E-state index < -0.39 is 5.60 Å². The first-order valence-electron chi connectivity index (χ1n) is 11.9. The highest BCUT2D eigenvalue weighted by atomic mass is 32.2. The Labute approximate surface area is 210 Å². The van der Waals surface area contributed by atoms with Gasteiger partial charge in [-0.2, -0.15) is 0 Å². The van der Waals surface area contributed by atoms with Gasteiger partial charge in [-0.1, -0.05) is 24.3 Å². The lowest BCUT2D eigenvalue weighted by molar-refractivity contribution is -0.140. The van der Waals surface area contributed by atoms with Crippen molar-refractivity contribution in [1.82, 2.24) is 20.5 Å². The van der Waals surface area contributed by atoms with E-state index in [0.29, 0.717) is 23.1 Å². The van der Waals surface area contributed by atoms with Crippen LogP contribution in [0.15, 0.2) is 35.5 Å². The van der Waals surface area contributed by atoms with Gasteiger partial charge in [0.25, 0.3) is 0 Å². The molecule has 35 heavy (non-hydrogen) atoms. The Kier molecular flexibility index (Phi) is 7.49. The van der Waals surface area contributed by atoms with Gasteiger partial charge in [0.1, 0.15) is 10.6 Å². The summed E-state index contributed by atoms with van der Waals surface area (Å²) in [5.74, 6) is 0.927. The summed E-state index contributed by atoms with van der Waals surface area (Å²) in [6.07, 6.45) is 4.34. The minimum absolute atomic E-state index is 0.0752. The molecule has 1 spiro atoms. The maximum Gasteiger partial charge on any atom is 0.408 e. The standard InChI is InChI=1S/C25H33N5O4S/c1-24(2,3)34-23(32)27-21-18-8-6-5-7-17(18)15-25(21)10-12-30(13-11-25)22-26-16-19(28-29-22)35-14-9-20(31)33-4/h5-8,16,21H,9-15H2,1-4H3,(H,27,32)/t21-/m1/s1. The molecule has 9 nitrogen and oxygen atoms in total. The Morgan fingerprint density at radius 3 is 2.60 bits per heavy atom. The van der Waals surface area contributed by atoms with E-state index in [9.17, 15) is 9.59 Å². The number of nitrogens with one attached hydrogen (secondary N) is 1. The van der Waals surface area contributed by atoms with Crippen LogP contribution >= 0.6 is 11.8 Å². The van der Waals surface area contributed by atoms with E-state index >= 15 is 0 Å². The fourth-order valence-corrected chi connectivity index (χ4v) is 5.58. The third-order valence-corrected chi connectivity index (χ3v) is 7.43. The number of alkyl carbamates (subject to hydrolysis) is 1. The average molecular weight is 500 g/mol. The molecule has 4 rings (SSSR count). The second kappa shape index (κ2) is 10.4. The van der Waals surface area contributed by atoms with Crippen molar-refractivity contribution in [1.29, 1.82) is 0 Å². The average Bonchev–Trinajstić information content (AvgIpc) is 3.11. The van der Waals surface area contributed by atoms with Gasteiger partial charge in [-0.25, -0.2) is 9.78 Å². The summed E-state index contributed by atoms with van der Waals surface area (Å²) >= 11 is 1.43. The molecule has 1 aliphatic heterocycles. The molecule has 1 aromatic heterocycles. The molecular formula is C25H33N5O4S. The Hall–Kier alpha value is -2.88. The molecule has 1 aromatic carbocycles. The van der Waals surface area contributed by atoms with E-state index in [2.05, 4.69) is 48.3 Å². The number of benzene rings is 1. The number of methoxy groups -OCH3 is 1. The maximum atomic E-state index is 12.7. The van der Waals surface area contributed by atoms with Crippen molar-refractivity contribution in [3.63, 3.8) is 0 Å². The number of piperidine rings is 1. The van der Waals surface area contributed by atoms with Crippen LogP contribution in [-0.2, 0) is 20.7 Å². The topological polar surface area (TPSA) is 107 Å². The fourth-order valence-electron chi connectivity index (χ4n) is 4.87. The Morgan fingerprint density at radius 1 is 1.20 bits per heavy atom. The molecule has 2 heterocycles. The van der Waals surface area contributed by atoms with Gasteiger partial charge in [0.15, 0.2) is 0 Å². The number of aromatic nitrogens is 3. The highest BCUT2D eigenvalue weighted by Crippen LogP contribution is 2.52. The molecule has 1 amide bonds. The molecule has 1 saturated heterocycles. The van der Waals surface area contributed by atoms with Crippen LogP contribution < -0.4 is 10.2 Å². The third-order valence-electron chi connectivity index (χ3n) is 6.54. The molecule has 0 unspecified atom stereocenters. The first kappa shape index (κ1) is 25.2. The van der Waals surface area contributed by atoms with E-state index in [1.165, 1.54) is 30.0 Å². The largest absolute Gasteiger partial charge is 0.469 e. The van der Waals surface area contributed by atoms with Crippen LogP contribution in [0, 0.1) is 5.41 Å². The van der Waals surface area contributed by atoms with E-state index in [0.717, 1.165) is 32.4 Å². The normalized spacial score (nSPS) is 18.7. The van der Waals surface area contributed by atoms with Gasteiger partial charge in [0.05, 0.1) is 25.8 Å². The van der Waals surface area contributed by atoms with Gasteiger partial charge < -0.3 is 19.7 Å². The molecule has 1 atom stereocenters. The molecule has 0 saturated carbocycles. The molecule has 1 aliphatic carbocycles. The molecule has 2 aliphatic rings. The van der Waals surface area contributed by atoms with Crippen molar-refractivity contribution in [3.05, 3.63) is 41.6 Å². The summed E-state index contributed by atoms with van der Waals surface area (Å²) in [7, 11) is 1.38. The predicted octanol–water partition coefficient (Wildman–Crippen LogP) is 3.94. The van der Waals surface area contributed by atoms with Crippen molar-refractivity contribution < 1.29 is 19.1 Å². The monoisotopic (exact) mass is 499 g/mol. The van der Waals surface area contributed by atoms with E-state index in [-0.39, 0.29) is 23.5 Å². The van der Waals surface area contributed by atoms with Crippen molar-refractivity contribution in [2.45, 2.75) is 63.1 Å². The highest BCUT2D eigenvalue weighted by molar-refractivity contribution is 7.99. The Balaban J connectivity index is 1.41. The van der Waals surface area contributed by atoms with Crippen molar-refractivity contribution >= 4 is 29.8 Å². The lowest BCUT2D eigenvalue weighted by atomic mass is 9.73. The smallest absolute Gasteiger partial charge is 0.408 e. The fraction of sp³-hybridized carbons (Fsp3) is 0.560. The summed E-state index contributed by atoms with van der Waals surface area (Å²) in [5.41, 5.74) is 1.84. The summed E-state index contributed by atoms with van der Waals surface area (Å²) in [6.45, 7) is 7.18. The molecule has 1 fully saturated rings. The first-order valence-corrected chi connectivity index (χ1v) is 12.9. The number of hydrogen-bond donors (Lipinski definition) is 1. The highest BCUT2D eigenvalue weighted by Gasteiger charge is 2.48. The second-order valence-electron chi connectivity index (χ2n) is 10.1. The SMILES string of the molecule is COC(=O)CCSc1cnc(N2CCC3(CC2)Cc2ccccc2[C@H]3NC(=O)OC(C)(C)C)nn1. The number of hydrogen-bond acceptors (Lipinski definition) is 9. The number of esters is 1. The van der Waals surface area contributed by atoms with E-state index in [4.69, 9.17) is 4.74 Å². The minimum atomic E-state index is -0.549. The number of carbonyl (C=O) groups excluding carboxylic acids is 2. The molecule has 0 radical (unpaired) electrons. The molecule has 188 valence electrons. The van der Waals surface area contributed by atoms with Crippen LogP contribution in [-0.4, -0.2) is 58.8 Å². The number of fused-ring (bicyclic) bond motifs is 1. The van der Waals surface area contributed by atoms with E-state index in [1.807, 2.05) is 26.8 Å². The molecule has 10 heteroatoms. The maximum absolute atomic E-state index is 12.7. The number of nitrogens with zero attached hydrogens (tertiary/aromatic N) is 4. The zero-order chi connectivity index (χ0) is 25.1. The predicted molar refractivity (Wildman–Crippen MR) is 133 cm³/mol. The van der Waals surface area contributed by atoms with Crippen LogP contribution in [0.5, 0.6) is 0 Å². The second-order valence-corrected chi connectivity index (χ2v) is 11.2. The number of rotatable bonds is 6. The van der Waals surface area contributed by atoms with Crippen molar-refractivity contribution in [2.75, 3.05) is 30.9 Å². The summed E-state index contributed by atoms with van der Waals surface area (Å²) in [5, 5.41) is 12.5. The zero-order valence-corrected chi connectivity index (χ0v) is 21.6. The van der Waals surface area contributed by atoms with E-state index in [1.54, 1.807) is 6.20 Å². The van der Waals surface area contributed by atoms with Gasteiger partial charge >= 0.3 is 12.1 Å². The number of carbonyl (C=O) groups is 2. The van der Waals surface area contributed by atoms with Crippen LogP contribution in [0.1, 0.15) is 57.2 Å². The number of anilines is 1. The van der Waals surface area contributed by atoms with Gasteiger partial charge in [-0.15, -0.1) is 22.0 Å². The van der Waals surface area contributed by atoms with Crippen LogP contribution in [0.25, 0.3) is 0 Å². The van der Waals surface area contributed by atoms with Gasteiger partial charge in [-0.3, -0.25) is 4.79 Å². The number of ether oxygens (including phenoxy) is 2. The Morgan fingerprint density at radius 2 is 1.94 bits per heavy atom. The summed E-state index contributed by atoms with van der Waals surface area (Å²) in [6, 6.07) is 8.26. The van der Waals surface area contributed by atoms with Crippen molar-refractivity contribution in [3.8, 4) is 0 Å². The van der Waals surface area contributed by atoms with Gasteiger partial charge in [0.2, 0.25) is 5.95 Å². The van der Waals surface area contributed by atoms with Crippen LogP contribution in [0.4, 0.5) is 10.7 Å². The van der Waals surface area contributed by atoms with Gasteiger partial charge in [-0.05, 0) is 51.2 Å². The zero-order valence-electron chi connectivity index (χ0n) is 20.7. The van der Waals surface area contributed by atoms with Gasteiger partial charge in [0, 0.05) is 24.3 Å². The molecule has 0 bridgehead atoms. The van der Waals surface area contributed by atoms with Crippen molar-refractivity contribution in [2.24, 2.45) is 5.41 Å². The lowest BCUT2D eigenvalue weighted by Gasteiger charge is -2.43. The molecular weight excluding hydrogens is 466 g/mol. The van der Waals surface area contributed by atoms with Crippen LogP contribution in [0.3, 0.4) is 0 Å². The number of amides is 1. The lowest BCUT2D eigenvalue weighted by Crippen LogP contribution is -2.48. The minimum Gasteiger partial charge on any atom is -0.469 e. The van der Waals surface area contributed by atoms with Crippen LogP contribution in [0.2, 0.25) is 0 Å². The molecule has 2 aromatic rings. The third kappa shape index (κ3) is 6.04. The summed E-state index contributed by atoms with van der Waals surface area (Å²) < 4.78 is 10.2. The quantitative estimate of drug-likeness (QED) is 0.467. The summed E-state index contributed by atoms with van der Waals surface area (Å²) in [4.78, 5) is 30.6. The number of thioether (sulfide) groups is 1. The molecule has 1 N–H and O–H groups in total. The Bertz CT molecular complexity index is 1050.